The molecule has 4 rings (SSSR count). The lowest BCUT2D eigenvalue weighted by atomic mass is 10.0. The van der Waals surface area contributed by atoms with Crippen LogP contribution in [0.15, 0.2) is 48.8 Å². The predicted octanol–water partition coefficient (Wildman–Crippen LogP) is 3.63. The number of likely N-dealkylation sites (tertiary alicyclic amines) is 1. The van der Waals surface area contributed by atoms with E-state index in [1.54, 1.807) is 17.3 Å². The third kappa shape index (κ3) is 4.48. The predicted molar refractivity (Wildman–Crippen MR) is 115 cm³/mol. The maximum atomic E-state index is 13.0. The van der Waals surface area contributed by atoms with Crippen LogP contribution in [0.2, 0.25) is 0 Å². The second-order valence-corrected chi connectivity index (χ2v) is 8.48. The monoisotopic (exact) mass is 407 g/mol. The SMILES string of the molecule is CC(C)c1ccc(N2CC(C(=O)N3CCC(Oc4ccncc4)CC3)CC2=O)cc1. The molecule has 0 N–H and O–H groups in total. The van der Waals surface area contributed by atoms with Gasteiger partial charge in [0.1, 0.15) is 11.9 Å². The summed E-state index contributed by atoms with van der Waals surface area (Å²) >= 11 is 0. The first-order valence-corrected chi connectivity index (χ1v) is 10.8. The van der Waals surface area contributed by atoms with E-state index in [4.69, 9.17) is 4.74 Å². The molecule has 1 unspecified atom stereocenters. The highest BCUT2D eigenvalue weighted by Gasteiger charge is 2.38. The number of piperidine rings is 1. The van der Waals surface area contributed by atoms with E-state index in [-0.39, 0.29) is 30.3 Å². The fourth-order valence-electron chi connectivity index (χ4n) is 4.22. The van der Waals surface area contributed by atoms with Crippen molar-refractivity contribution in [2.24, 2.45) is 5.92 Å². The highest BCUT2D eigenvalue weighted by Crippen LogP contribution is 2.29. The number of benzene rings is 1. The van der Waals surface area contributed by atoms with E-state index in [1.807, 2.05) is 29.2 Å². The average Bonchev–Trinajstić information content (AvgIpc) is 3.16. The molecule has 1 atom stereocenters. The molecule has 1 aromatic carbocycles. The average molecular weight is 408 g/mol. The van der Waals surface area contributed by atoms with E-state index < -0.39 is 0 Å². The summed E-state index contributed by atoms with van der Waals surface area (Å²) in [4.78, 5) is 33.3. The van der Waals surface area contributed by atoms with Crippen molar-refractivity contribution in [1.29, 1.82) is 0 Å². The number of hydrogen-bond acceptors (Lipinski definition) is 4. The first kappa shape index (κ1) is 20.4. The Morgan fingerprint density at radius 3 is 2.37 bits per heavy atom. The Hall–Kier alpha value is -2.89. The van der Waals surface area contributed by atoms with Gasteiger partial charge in [0.15, 0.2) is 0 Å². The largest absolute Gasteiger partial charge is 0.490 e. The Labute approximate surface area is 177 Å². The second kappa shape index (κ2) is 8.86. The summed E-state index contributed by atoms with van der Waals surface area (Å²) in [6.07, 6.45) is 5.43. The van der Waals surface area contributed by atoms with E-state index in [0.29, 0.717) is 25.6 Å². The van der Waals surface area contributed by atoms with Crippen LogP contribution in [0, 0.1) is 5.92 Å². The molecule has 6 nitrogen and oxygen atoms in total. The van der Waals surface area contributed by atoms with Gasteiger partial charge in [-0.05, 0) is 35.7 Å². The lowest BCUT2D eigenvalue weighted by Crippen LogP contribution is -2.44. The zero-order valence-electron chi connectivity index (χ0n) is 17.7. The first-order valence-electron chi connectivity index (χ1n) is 10.8. The minimum Gasteiger partial charge on any atom is -0.490 e. The number of pyridine rings is 1. The molecule has 0 aliphatic carbocycles. The number of anilines is 1. The molecule has 2 aliphatic heterocycles. The van der Waals surface area contributed by atoms with Gasteiger partial charge < -0.3 is 14.5 Å². The Morgan fingerprint density at radius 2 is 1.73 bits per heavy atom. The molecule has 2 aliphatic rings. The van der Waals surface area contributed by atoms with Gasteiger partial charge in [0, 0.05) is 57.0 Å². The molecule has 158 valence electrons. The van der Waals surface area contributed by atoms with Crippen LogP contribution in [0.25, 0.3) is 0 Å². The standard InChI is InChI=1S/C24H29N3O3/c1-17(2)18-3-5-20(6-4-18)27-16-19(15-23(27)28)24(29)26-13-9-22(10-14-26)30-21-7-11-25-12-8-21/h3-8,11-12,17,19,22H,9-10,13-16H2,1-2H3. The molecule has 0 radical (unpaired) electrons. The highest BCUT2D eigenvalue weighted by atomic mass is 16.5. The van der Waals surface area contributed by atoms with Gasteiger partial charge in [-0.25, -0.2) is 0 Å². The Balaban J connectivity index is 1.32. The van der Waals surface area contributed by atoms with Gasteiger partial charge in [-0.15, -0.1) is 0 Å². The lowest BCUT2D eigenvalue weighted by Gasteiger charge is -2.33. The van der Waals surface area contributed by atoms with Crippen molar-refractivity contribution in [2.75, 3.05) is 24.5 Å². The molecule has 0 bridgehead atoms. The molecule has 0 saturated carbocycles. The zero-order chi connectivity index (χ0) is 21.1. The Kier molecular flexibility index (Phi) is 6.02. The molecule has 30 heavy (non-hydrogen) atoms. The first-order chi connectivity index (χ1) is 14.5. The Bertz CT molecular complexity index is 874. The van der Waals surface area contributed by atoms with Gasteiger partial charge in [-0.3, -0.25) is 14.6 Å². The quantitative estimate of drug-likeness (QED) is 0.759. The van der Waals surface area contributed by atoms with Crippen LogP contribution in [0.5, 0.6) is 5.75 Å². The summed E-state index contributed by atoms with van der Waals surface area (Å²) in [6.45, 7) is 6.10. The number of carbonyl (C=O) groups excluding carboxylic acids is 2. The van der Waals surface area contributed by atoms with Crippen molar-refractivity contribution in [3.63, 3.8) is 0 Å². The van der Waals surface area contributed by atoms with Crippen molar-refractivity contribution >= 4 is 17.5 Å². The maximum Gasteiger partial charge on any atom is 0.228 e. The van der Waals surface area contributed by atoms with Crippen molar-refractivity contribution < 1.29 is 14.3 Å². The van der Waals surface area contributed by atoms with Crippen LogP contribution in [0.1, 0.15) is 44.6 Å². The molecule has 2 amide bonds. The molecule has 1 aromatic heterocycles. The smallest absolute Gasteiger partial charge is 0.228 e. The van der Waals surface area contributed by atoms with Gasteiger partial charge in [0.2, 0.25) is 11.8 Å². The van der Waals surface area contributed by atoms with E-state index in [9.17, 15) is 9.59 Å². The van der Waals surface area contributed by atoms with Gasteiger partial charge >= 0.3 is 0 Å². The Morgan fingerprint density at radius 1 is 1.07 bits per heavy atom. The van der Waals surface area contributed by atoms with Gasteiger partial charge in [-0.1, -0.05) is 26.0 Å². The fourth-order valence-corrected chi connectivity index (χ4v) is 4.22. The van der Waals surface area contributed by atoms with Gasteiger partial charge in [0.25, 0.3) is 0 Å². The summed E-state index contributed by atoms with van der Waals surface area (Å²) < 4.78 is 5.99. The third-order valence-electron chi connectivity index (χ3n) is 6.05. The summed E-state index contributed by atoms with van der Waals surface area (Å²) in [5, 5.41) is 0. The molecule has 6 heteroatoms. The number of rotatable bonds is 5. The number of hydrogen-bond donors (Lipinski definition) is 0. The molecule has 2 aromatic rings. The van der Waals surface area contributed by atoms with Crippen LogP contribution in [0.3, 0.4) is 0 Å². The number of aromatic nitrogens is 1. The van der Waals surface area contributed by atoms with E-state index in [1.165, 1.54) is 5.56 Å². The van der Waals surface area contributed by atoms with Gasteiger partial charge in [0.05, 0.1) is 5.92 Å². The minimum atomic E-state index is -0.264. The molecule has 3 heterocycles. The van der Waals surface area contributed by atoms with Crippen molar-refractivity contribution in [3.8, 4) is 5.75 Å². The van der Waals surface area contributed by atoms with Crippen molar-refractivity contribution in [2.45, 2.75) is 45.1 Å². The number of nitrogens with zero attached hydrogens (tertiary/aromatic N) is 3. The molecular formula is C24H29N3O3. The van der Waals surface area contributed by atoms with Crippen molar-refractivity contribution in [1.82, 2.24) is 9.88 Å². The van der Waals surface area contributed by atoms with E-state index >= 15 is 0 Å². The second-order valence-electron chi connectivity index (χ2n) is 8.48. The van der Waals surface area contributed by atoms with Crippen LogP contribution in [-0.4, -0.2) is 47.4 Å². The van der Waals surface area contributed by atoms with Crippen LogP contribution >= 0.6 is 0 Å². The zero-order valence-corrected chi connectivity index (χ0v) is 17.7. The lowest BCUT2D eigenvalue weighted by molar-refractivity contribution is -0.137. The van der Waals surface area contributed by atoms with Crippen LogP contribution < -0.4 is 9.64 Å². The fraction of sp³-hybridized carbons (Fsp3) is 0.458. The maximum absolute atomic E-state index is 13.0. The van der Waals surface area contributed by atoms with E-state index in [2.05, 4.69) is 31.0 Å². The van der Waals surface area contributed by atoms with Crippen molar-refractivity contribution in [3.05, 3.63) is 54.4 Å². The highest BCUT2D eigenvalue weighted by molar-refractivity contribution is 6.00. The van der Waals surface area contributed by atoms with Crippen LogP contribution in [-0.2, 0) is 9.59 Å². The summed E-state index contributed by atoms with van der Waals surface area (Å²) in [5.74, 6) is 1.12. The molecule has 2 fully saturated rings. The number of ether oxygens (including phenoxy) is 1. The number of amides is 2. The summed E-state index contributed by atoms with van der Waals surface area (Å²) in [7, 11) is 0. The summed E-state index contributed by atoms with van der Waals surface area (Å²) in [6, 6.07) is 11.8. The third-order valence-corrected chi connectivity index (χ3v) is 6.05. The van der Waals surface area contributed by atoms with Crippen LogP contribution in [0.4, 0.5) is 5.69 Å². The summed E-state index contributed by atoms with van der Waals surface area (Å²) in [5.41, 5.74) is 2.12. The minimum absolute atomic E-state index is 0.0292. The van der Waals surface area contributed by atoms with Gasteiger partial charge in [-0.2, -0.15) is 0 Å². The normalized spacial score (nSPS) is 20.1. The topological polar surface area (TPSA) is 62.7 Å². The molecule has 2 saturated heterocycles. The molecule has 0 spiro atoms. The number of carbonyl (C=O) groups is 2. The van der Waals surface area contributed by atoms with E-state index in [0.717, 1.165) is 24.3 Å². The molecular weight excluding hydrogens is 378 g/mol.